The number of benzene rings is 11. The summed E-state index contributed by atoms with van der Waals surface area (Å²) in [5.41, 5.74) is 24.9. The Bertz CT molecular complexity index is 3740. The molecule has 0 aliphatic heterocycles. The molecule has 11 aromatic carbocycles. The van der Waals surface area contributed by atoms with E-state index in [2.05, 4.69) is 292 Å². The molecule has 2 aliphatic carbocycles. The average molecular weight is 906 g/mol. The van der Waals surface area contributed by atoms with Gasteiger partial charge in [-0.25, -0.2) is 0 Å². The summed E-state index contributed by atoms with van der Waals surface area (Å²) < 4.78 is 0. The molecule has 0 spiro atoms. The molecule has 0 amide bonds. The summed E-state index contributed by atoms with van der Waals surface area (Å²) in [6, 6.07) is 101. The highest BCUT2D eigenvalue weighted by atomic mass is 15.1. The molecule has 2 aliphatic rings. The fourth-order valence-corrected chi connectivity index (χ4v) is 12.2. The lowest BCUT2D eigenvalue weighted by Gasteiger charge is -2.35. The van der Waals surface area contributed by atoms with Crippen LogP contribution in [0.5, 0.6) is 0 Å². The van der Waals surface area contributed by atoms with Crippen molar-refractivity contribution in [3.63, 3.8) is 0 Å². The molecule has 1 nitrogen and oxygen atoms in total. The molecule has 336 valence electrons. The third-order valence-corrected chi connectivity index (χ3v) is 15.4. The summed E-state index contributed by atoms with van der Waals surface area (Å²) in [5.74, 6) is 0. The van der Waals surface area contributed by atoms with Gasteiger partial charge >= 0.3 is 0 Å². The molecule has 71 heavy (non-hydrogen) atoms. The molecule has 13 rings (SSSR count). The molecular weight excluding hydrogens is 855 g/mol. The Morgan fingerprint density at radius 1 is 0.268 bits per heavy atom. The standard InChI is InChI=1S/C70H51N/c1-69(2)62-38-20-17-34-57(62)59-44-42-50(46-64(59)69)55-33-19-22-40-66(55)71(67-41-23-37-56(49-26-9-4-10-27-49)68(67)61-36-16-15-32-54(61)48-24-7-3-8-25-48)53-43-45-60-58-35-18-21-39-63(58)70(65(60)47-53,51-28-11-5-12-29-51)52-30-13-6-14-31-52/h3-47H,1-2H3. The minimum atomic E-state index is -0.579. The van der Waals surface area contributed by atoms with Crippen LogP contribution >= 0.6 is 0 Å². The molecule has 0 fully saturated rings. The molecule has 0 saturated carbocycles. The van der Waals surface area contributed by atoms with Gasteiger partial charge in [-0.15, -0.1) is 0 Å². The van der Waals surface area contributed by atoms with Crippen molar-refractivity contribution in [2.24, 2.45) is 0 Å². The molecule has 0 N–H and O–H groups in total. The third-order valence-electron chi connectivity index (χ3n) is 15.4. The molecule has 0 radical (unpaired) electrons. The maximum atomic E-state index is 2.57. The lowest BCUT2D eigenvalue weighted by atomic mass is 9.67. The average Bonchev–Trinajstić information content (AvgIpc) is 3.87. The second kappa shape index (κ2) is 17.0. The van der Waals surface area contributed by atoms with Crippen LogP contribution in [0.4, 0.5) is 17.1 Å². The van der Waals surface area contributed by atoms with Gasteiger partial charge in [-0.3, -0.25) is 0 Å². The van der Waals surface area contributed by atoms with E-state index in [1.165, 1.54) is 89.0 Å². The quantitative estimate of drug-likeness (QED) is 0.139. The molecule has 0 unspecified atom stereocenters. The van der Waals surface area contributed by atoms with Crippen LogP contribution < -0.4 is 4.90 Å². The molecule has 0 atom stereocenters. The Hall–Kier alpha value is -8.78. The first-order chi connectivity index (χ1) is 35.0. The van der Waals surface area contributed by atoms with Gasteiger partial charge in [0, 0.05) is 22.2 Å². The molecule has 1 heteroatoms. The number of anilines is 3. The topological polar surface area (TPSA) is 3.24 Å². The predicted molar refractivity (Wildman–Crippen MR) is 298 cm³/mol. The number of hydrogen-bond donors (Lipinski definition) is 0. The van der Waals surface area contributed by atoms with Crippen LogP contribution in [-0.2, 0) is 10.8 Å². The number of rotatable bonds is 9. The highest BCUT2D eigenvalue weighted by Crippen LogP contribution is 2.59. The molecule has 0 aromatic heterocycles. The van der Waals surface area contributed by atoms with Gasteiger partial charge in [0.05, 0.1) is 16.8 Å². The van der Waals surface area contributed by atoms with Gasteiger partial charge in [0.1, 0.15) is 0 Å². The van der Waals surface area contributed by atoms with Gasteiger partial charge in [0.2, 0.25) is 0 Å². The van der Waals surface area contributed by atoms with Gasteiger partial charge < -0.3 is 4.90 Å². The van der Waals surface area contributed by atoms with E-state index in [1.54, 1.807) is 0 Å². The molecule has 11 aromatic rings. The van der Waals surface area contributed by atoms with E-state index in [-0.39, 0.29) is 5.41 Å². The SMILES string of the molecule is CC1(C)c2ccccc2-c2ccc(-c3ccccc3N(c3ccc4c(c3)C(c3ccccc3)(c3ccccc3)c3ccccc3-4)c3cccc(-c4ccccc4)c3-c3ccccc3-c3ccccc3)cc21. The largest absolute Gasteiger partial charge is 0.309 e. The number of hydrogen-bond acceptors (Lipinski definition) is 1. The number of nitrogens with zero attached hydrogens (tertiary/aromatic N) is 1. The van der Waals surface area contributed by atoms with Gasteiger partial charge in [-0.2, -0.15) is 0 Å². The van der Waals surface area contributed by atoms with E-state index in [0.29, 0.717) is 0 Å². The first-order valence-corrected chi connectivity index (χ1v) is 24.8. The van der Waals surface area contributed by atoms with Crippen molar-refractivity contribution in [3.05, 3.63) is 306 Å². The highest BCUT2D eigenvalue weighted by molar-refractivity contribution is 6.03. The summed E-state index contributed by atoms with van der Waals surface area (Å²) in [6.07, 6.45) is 0. The monoisotopic (exact) mass is 905 g/mol. The van der Waals surface area contributed by atoms with Gasteiger partial charge in [0.15, 0.2) is 0 Å². The van der Waals surface area contributed by atoms with Crippen LogP contribution in [0.3, 0.4) is 0 Å². The predicted octanol–water partition coefficient (Wildman–Crippen LogP) is 18.5. The van der Waals surface area contributed by atoms with Crippen molar-refractivity contribution in [1.29, 1.82) is 0 Å². The first kappa shape index (κ1) is 42.3. The number of para-hydroxylation sites is 1. The van der Waals surface area contributed by atoms with Crippen molar-refractivity contribution in [2.75, 3.05) is 4.90 Å². The Balaban J connectivity index is 1.13. The van der Waals surface area contributed by atoms with E-state index < -0.39 is 5.41 Å². The van der Waals surface area contributed by atoms with Crippen LogP contribution in [0, 0.1) is 0 Å². The van der Waals surface area contributed by atoms with E-state index in [4.69, 9.17) is 0 Å². The van der Waals surface area contributed by atoms with Crippen LogP contribution in [-0.4, -0.2) is 0 Å². The maximum absolute atomic E-state index is 2.57. The van der Waals surface area contributed by atoms with E-state index in [1.807, 2.05) is 0 Å². The van der Waals surface area contributed by atoms with E-state index in [9.17, 15) is 0 Å². The Morgan fingerprint density at radius 2 is 0.718 bits per heavy atom. The Morgan fingerprint density at radius 3 is 1.38 bits per heavy atom. The van der Waals surface area contributed by atoms with Crippen molar-refractivity contribution in [3.8, 4) is 66.8 Å². The van der Waals surface area contributed by atoms with Crippen LogP contribution in [0.15, 0.2) is 273 Å². The van der Waals surface area contributed by atoms with Crippen LogP contribution in [0.1, 0.15) is 47.2 Å². The van der Waals surface area contributed by atoms with Crippen molar-refractivity contribution in [2.45, 2.75) is 24.7 Å². The smallest absolute Gasteiger partial charge is 0.0714 e. The minimum absolute atomic E-state index is 0.151. The molecule has 0 heterocycles. The number of fused-ring (bicyclic) bond motifs is 6. The first-order valence-electron chi connectivity index (χ1n) is 24.8. The Kier molecular flexibility index (Phi) is 10.1. The second-order valence-electron chi connectivity index (χ2n) is 19.5. The fourth-order valence-electron chi connectivity index (χ4n) is 12.2. The van der Waals surface area contributed by atoms with Crippen molar-refractivity contribution in [1.82, 2.24) is 0 Å². The minimum Gasteiger partial charge on any atom is -0.309 e. The van der Waals surface area contributed by atoms with E-state index >= 15 is 0 Å². The van der Waals surface area contributed by atoms with Gasteiger partial charge in [-0.1, -0.05) is 257 Å². The zero-order valence-electron chi connectivity index (χ0n) is 39.9. The lowest BCUT2D eigenvalue weighted by molar-refractivity contribution is 0.660. The fraction of sp³-hybridized carbons (Fsp3) is 0.0571. The zero-order valence-corrected chi connectivity index (χ0v) is 39.9. The maximum Gasteiger partial charge on any atom is 0.0714 e. The summed E-state index contributed by atoms with van der Waals surface area (Å²) in [5, 5.41) is 0. The summed E-state index contributed by atoms with van der Waals surface area (Å²) in [7, 11) is 0. The summed E-state index contributed by atoms with van der Waals surface area (Å²) in [4.78, 5) is 2.57. The second-order valence-corrected chi connectivity index (χ2v) is 19.5. The van der Waals surface area contributed by atoms with Gasteiger partial charge in [-0.05, 0) is 119 Å². The Labute approximate surface area is 417 Å². The molecule has 0 saturated heterocycles. The lowest BCUT2D eigenvalue weighted by Crippen LogP contribution is -2.28. The van der Waals surface area contributed by atoms with Gasteiger partial charge in [0.25, 0.3) is 0 Å². The van der Waals surface area contributed by atoms with Crippen LogP contribution in [0.25, 0.3) is 66.8 Å². The van der Waals surface area contributed by atoms with Crippen LogP contribution in [0.2, 0.25) is 0 Å². The third kappa shape index (κ3) is 6.68. The zero-order chi connectivity index (χ0) is 47.5. The van der Waals surface area contributed by atoms with E-state index in [0.717, 1.165) is 28.2 Å². The molecular formula is C70H51N. The highest BCUT2D eigenvalue weighted by Gasteiger charge is 2.46. The molecule has 0 bridgehead atoms. The van der Waals surface area contributed by atoms with Crippen molar-refractivity contribution >= 4 is 17.1 Å². The van der Waals surface area contributed by atoms with Crippen molar-refractivity contribution < 1.29 is 0 Å². The summed E-state index contributed by atoms with van der Waals surface area (Å²) in [6.45, 7) is 4.75. The summed E-state index contributed by atoms with van der Waals surface area (Å²) >= 11 is 0. The normalized spacial score (nSPS) is 13.4.